The van der Waals surface area contributed by atoms with Gasteiger partial charge in [-0.1, -0.05) is 11.6 Å². The molecular weight excluding hydrogens is 424 g/mol. The van der Waals surface area contributed by atoms with Crippen LogP contribution in [0.25, 0.3) is 16.7 Å². The fourth-order valence-electron chi connectivity index (χ4n) is 2.88. The lowest BCUT2D eigenvalue weighted by atomic mass is 10.2. The minimum atomic E-state index is -0.756. The van der Waals surface area contributed by atoms with Gasteiger partial charge in [0.15, 0.2) is 0 Å². The van der Waals surface area contributed by atoms with Crippen molar-refractivity contribution in [1.82, 2.24) is 15.0 Å². The van der Waals surface area contributed by atoms with E-state index in [0.29, 0.717) is 38.9 Å². The van der Waals surface area contributed by atoms with Gasteiger partial charge in [0.2, 0.25) is 0 Å². The number of phenolic OH excluding ortho intramolecular Hbond substituents is 1. The van der Waals surface area contributed by atoms with Crippen LogP contribution in [0.1, 0.15) is 0 Å². The monoisotopic (exact) mass is 440 g/mol. The molecule has 10 heteroatoms. The van der Waals surface area contributed by atoms with Gasteiger partial charge in [0, 0.05) is 17.2 Å². The van der Waals surface area contributed by atoms with E-state index >= 15 is 0 Å². The number of halogens is 1. The van der Waals surface area contributed by atoms with Crippen LogP contribution in [0.4, 0.5) is 10.5 Å². The normalized spacial score (nSPS) is 10.7. The Bertz CT molecular complexity index is 1270. The fourth-order valence-corrected chi connectivity index (χ4v) is 3.04. The summed E-state index contributed by atoms with van der Waals surface area (Å²) < 4.78 is 15.6. The van der Waals surface area contributed by atoms with Crippen LogP contribution in [0, 0.1) is 0 Å². The van der Waals surface area contributed by atoms with Crippen molar-refractivity contribution >= 4 is 34.4 Å². The van der Waals surface area contributed by atoms with E-state index in [1.165, 1.54) is 37.2 Å². The Labute approximate surface area is 181 Å². The summed E-state index contributed by atoms with van der Waals surface area (Å²) in [6.45, 7) is 0. The van der Waals surface area contributed by atoms with Crippen LogP contribution in [0.2, 0.25) is 5.02 Å². The van der Waals surface area contributed by atoms with E-state index in [1.807, 2.05) is 0 Å². The van der Waals surface area contributed by atoms with Crippen LogP contribution < -0.4 is 19.5 Å². The van der Waals surface area contributed by atoms with Gasteiger partial charge in [0.25, 0.3) is 0 Å². The molecular formula is C21H17ClN4O5. The third-order valence-corrected chi connectivity index (χ3v) is 4.60. The maximum absolute atomic E-state index is 12.3. The van der Waals surface area contributed by atoms with Crippen LogP contribution >= 0.6 is 11.6 Å². The number of aromatic nitrogens is 3. The molecule has 0 radical (unpaired) electrons. The molecule has 0 aliphatic rings. The molecule has 0 unspecified atom stereocenters. The Hall–Kier alpha value is -3.98. The number of benzene rings is 3. The molecule has 1 aromatic heterocycles. The number of nitrogens with zero attached hydrogens (tertiary/aromatic N) is 3. The Morgan fingerprint density at radius 3 is 2.48 bits per heavy atom. The first kappa shape index (κ1) is 20.3. The van der Waals surface area contributed by atoms with Crippen molar-refractivity contribution < 1.29 is 24.1 Å². The van der Waals surface area contributed by atoms with Crippen LogP contribution in [-0.4, -0.2) is 40.4 Å². The van der Waals surface area contributed by atoms with E-state index in [4.69, 9.17) is 25.8 Å². The quantitative estimate of drug-likeness (QED) is 0.473. The molecule has 31 heavy (non-hydrogen) atoms. The average molecular weight is 441 g/mol. The molecule has 0 spiro atoms. The summed E-state index contributed by atoms with van der Waals surface area (Å²) in [5.74, 6) is 0.953. The van der Waals surface area contributed by atoms with Crippen molar-refractivity contribution in [3.05, 3.63) is 59.6 Å². The highest BCUT2D eigenvalue weighted by Crippen LogP contribution is 2.30. The molecule has 0 aliphatic carbocycles. The largest absolute Gasteiger partial charge is 0.505 e. The number of amides is 1. The lowest BCUT2D eigenvalue weighted by Gasteiger charge is -2.12. The number of rotatable bonds is 5. The molecule has 3 aromatic carbocycles. The summed E-state index contributed by atoms with van der Waals surface area (Å²) in [5.41, 5.74) is 1.93. The number of phenols is 1. The molecule has 0 aliphatic heterocycles. The number of aromatic hydroxyl groups is 1. The average Bonchev–Trinajstić information content (AvgIpc) is 3.16. The summed E-state index contributed by atoms with van der Waals surface area (Å²) in [4.78, 5) is 13.6. The second kappa shape index (κ2) is 8.41. The maximum atomic E-state index is 12.3. The number of fused-ring (bicyclic) bond motifs is 1. The minimum Gasteiger partial charge on any atom is -0.505 e. The van der Waals surface area contributed by atoms with Crippen LogP contribution in [0.15, 0.2) is 54.6 Å². The molecule has 2 N–H and O–H groups in total. The standard InChI is InChI=1S/C21H17ClN4O5/c1-29-13-4-7-16(20(11-13)30-2)23-21(28)31-14-5-8-18(19(27)10-14)26-24-15-6-3-12(22)9-17(15)25-26/h3-11,27H,1-2H3,(H,23,28). The summed E-state index contributed by atoms with van der Waals surface area (Å²) >= 11 is 5.97. The van der Waals surface area contributed by atoms with Gasteiger partial charge in [0.05, 0.1) is 19.9 Å². The minimum absolute atomic E-state index is 0.131. The Balaban J connectivity index is 1.51. The Kier molecular flexibility index (Phi) is 5.50. The summed E-state index contributed by atoms with van der Waals surface area (Å²) in [7, 11) is 3.01. The van der Waals surface area contributed by atoms with Gasteiger partial charge in [-0.15, -0.1) is 15.0 Å². The highest BCUT2D eigenvalue weighted by atomic mass is 35.5. The zero-order valence-electron chi connectivity index (χ0n) is 16.5. The van der Waals surface area contributed by atoms with E-state index in [-0.39, 0.29) is 11.5 Å². The first-order valence-electron chi connectivity index (χ1n) is 9.03. The molecule has 0 fully saturated rings. The number of carbonyl (C=O) groups is 1. The maximum Gasteiger partial charge on any atom is 0.417 e. The number of nitrogens with one attached hydrogen (secondary N) is 1. The Morgan fingerprint density at radius 1 is 0.968 bits per heavy atom. The van der Waals surface area contributed by atoms with Crippen molar-refractivity contribution in [2.75, 3.05) is 19.5 Å². The number of anilines is 1. The summed E-state index contributed by atoms with van der Waals surface area (Å²) in [5, 5.41) is 22.1. The number of hydrogen-bond donors (Lipinski definition) is 2. The molecule has 0 atom stereocenters. The lowest BCUT2D eigenvalue weighted by Crippen LogP contribution is -2.17. The molecule has 1 heterocycles. The van der Waals surface area contributed by atoms with Crippen molar-refractivity contribution in [2.45, 2.75) is 0 Å². The zero-order chi connectivity index (χ0) is 22.0. The van der Waals surface area contributed by atoms with E-state index in [0.717, 1.165) is 0 Å². The van der Waals surface area contributed by atoms with Crippen molar-refractivity contribution in [1.29, 1.82) is 0 Å². The summed E-state index contributed by atoms with van der Waals surface area (Å²) in [6, 6.07) is 14.4. The second-order valence-corrected chi connectivity index (χ2v) is 6.79. The number of carbonyl (C=O) groups excluding carboxylic acids is 1. The van der Waals surface area contributed by atoms with E-state index in [1.54, 1.807) is 36.4 Å². The van der Waals surface area contributed by atoms with E-state index in [9.17, 15) is 9.90 Å². The van der Waals surface area contributed by atoms with Gasteiger partial charge in [-0.25, -0.2) is 4.79 Å². The molecule has 9 nitrogen and oxygen atoms in total. The highest BCUT2D eigenvalue weighted by Gasteiger charge is 2.14. The fraction of sp³-hybridized carbons (Fsp3) is 0.0952. The van der Waals surface area contributed by atoms with Crippen molar-refractivity contribution in [2.24, 2.45) is 0 Å². The first-order valence-corrected chi connectivity index (χ1v) is 9.41. The SMILES string of the molecule is COc1ccc(NC(=O)Oc2ccc(-n3nc4ccc(Cl)cc4n3)c(O)c2)c(OC)c1. The predicted molar refractivity (Wildman–Crippen MR) is 115 cm³/mol. The molecule has 0 saturated carbocycles. The van der Waals surface area contributed by atoms with E-state index in [2.05, 4.69) is 15.5 Å². The highest BCUT2D eigenvalue weighted by molar-refractivity contribution is 6.31. The second-order valence-electron chi connectivity index (χ2n) is 6.35. The van der Waals surface area contributed by atoms with Gasteiger partial charge in [-0.3, -0.25) is 5.32 Å². The van der Waals surface area contributed by atoms with Crippen LogP contribution in [-0.2, 0) is 0 Å². The molecule has 1 amide bonds. The summed E-state index contributed by atoms with van der Waals surface area (Å²) in [6.07, 6.45) is -0.756. The van der Waals surface area contributed by atoms with Crippen molar-refractivity contribution in [3.63, 3.8) is 0 Å². The third kappa shape index (κ3) is 4.31. The van der Waals surface area contributed by atoms with Gasteiger partial charge in [0.1, 0.15) is 39.7 Å². The smallest absolute Gasteiger partial charge is 0.417 e. The number of hydrogen-bond acceptors (Lipinski definition) is 7. The zero-order valence-corrected chi connectivity index (χ0v) is 17.3. The van der Waals surface area contributed by atoms with Crippen LogP contribution in [0.3, 0.4) is 0 Å². The first-order chi connectivity index (χ1) is 15.0. The Morgan fingerprint density at radius 2 is 1.74 bits per heavy atom. The van der Waals surface area contributed by atoms with Crippen molar-refractivity contribution in [3.8, 4) is 28.7 Å². The third-order valence-electron chi connectivity index (χ3n) is 4.36. The number of methoxy groups -OCH3 is 2. The van der Waals surface area contributed by atoms with Gasteiger partial charge >= 0.3 is 6.09 Å². The van der Waals surface area contributed by atoms with E-state index < -0.39 is 6.09 Å². The molecule has 4 aromatic rings. The van der Waals surface area contributed by atoms with Gasteiger partial charge in [-0.2, -0.15) is 0 Å². The number of ether oxygens (including phenoxy) is 3. The van der Waals surface area contributed by atoms with Crippen LogP contribution in [0.5, 0.6) is 23.0 Å². The molecule has 0 saturated heterocycles. The molecule has 4 rings (SSSR count). The van der Waals surface area contributed by atoms with Gasteiger partial charge in [-0.05, 0) is 42.5 Å². The lowest BCUT2D eigenvalue weighted by molar-refractivity contribution is 0.215. The molecule has 0 bridgehead atoms. The molecule has 158 valence electrons. The predicted octanol–water partition coefficient (Wildman–Crippen LogP) is 4.41. The topological polar surface area (TPSA) is 108 Å². The van der Waals surface area contributed by atoms with Gasteiger partial charge < -0.3 is 19.3 Å².